The van der Waals surface area contributed by atoms with E-state index in [4.69, 9.17) is 0 Å². The predicted molar refractivity (Wildman–Crippen MR) is 116 cm³/mol. The molecular formula is C24H27FN4O. The van der Waals surface area contributed by atoms with Crippen molar-refractivity contribution in [2.24, 2.45) is 0 Å². The van der Waals surface area contributed by atoms with Crippen molar-refractivity contribution >= 4 is 16.8 Å². The number of carbonyl (C=O) groups excluding carboxylic acids is 1. The maximum atomic E-state index is 14.8. The van der Waals surface area contributed by atoms with Crippen LogP contribution >= 0.6 is 0 Å². The molecule has 2 heterocycles. The van der Waals surface area contributed by atoms with Gasteiger partial charge < -0.3 is 5.32 Å². The molecule has 1 aromatic heterocycles. The predicted octanol–water partition coefficient (Wildman–Crippen LogP) is 4.56. The minimum absolute atomic E-state index is 0.150. The topological polar surface area (TPSA) is 61.0 Å². The van der Waals surface area contributed by atoms with Gasteiger partial charge in [0.1, 0.15) is 5.82 Å². The van der Waals surface area contributed by atoms with Crippen molar-refractivity contribution in [1.29, 1.82) is 0 Å². The number of aromatic amines is 1. The third-order valence-corrected chi connectivity index (χ3v) is 6.26. The van der Waals surface area contributed by atoms with Gasteiger partial charge in [0.25, 0.3) is 5.91 Å². The number of aromatic nitrogens is 2. The van der Waals surface area contributed by atoms with Crippen LogP contribution in [0.4, 0.5) is 4.39 Å². The highest BCUT2D eigenvalue weighted by atomic mass is 19.1. The summed E-state index contributed by atoms with van der Waals surface area (Å²) in [6.07, 6.45) is 5.77. The largest absolute Gasteiger partial charge is 0.348 e. The van der Waals surface area contributed by atoms with Crippen LogP contribution in [0.15, 0.2) is 30.3 Å². The Bertz CT molecular complexity index is 1100. The third kappa shape index (κ3) is 3.84. The Labute approximate surface area is 175 Å². The van der Waals surface area contributed by atoms with Crippen molar-refractivity contribution in [3.05, 3.63) is 53.0 Å². The lowest BCUT2D eigenvalue weighted by atomic mass is 9.95. The van der Waals surface area contributed by atoms with Crippen molar-refractivity contribution in [3.63, 3.8) is 0 Å². The molecule has 1 saturated heterocycles. The number of amides is 1. The summed E-state index contributed by atoms with van der Waals surface area (Å²) in [4.78, 5) is 15.0. The Hall–Kier alpha value is -2.73. The number of benzene rings is 2. The van der Waals surface area contributed by atoms with Crippen LogP contribution in [0.3, 0.4) is 0 Å². The lowest BCUT2D eigenvalue weighted by molar-refractivity contribution is 0.0947. The minimum Gasteiger partial charge on any atom is -0.348 e. The summed E-state index contributed by atoms with van der Waals surface area (Å²) in [5.41, 5.74) is 4.61. The molecule has 30 heavy (non-hydrogen) atoms. The number of rotatable bonds is 5. The molecule has 2 aromatic carbocycles. The van der Waals surface area contributed by atoms with E-state index in [1.54, 1.807) is 6.07 Å². The Kier molecular flexibility index (Phi) is 5.03. The van der Waals surface area contributed by atoms with E-state index in [-0.39, 0.29) is 17.8 Å². The molecule has 0 bridgehead atoms. The van der Waals surface area contributed by atoms with Gasteiger partial charge in [0, 0.05) is 18.0 Å². The minimum atomic E-state index is -0.182. The molecule has 1 aliphatic heterocycles. The molecule has 1 amide bonds. The molecule has 0 atom stereocenters. The number of likely N-dealkylation sites (tertiary alicyclic amines) is 1. The molecule has 2 N–H and O–H groups in total. The quantitative estimate of drug-likeness (QED) is 0.653. The number of halogens is 1. The molecule has 0 radical (unpaired) electrons. The van der Waals surface area contributed by atoms with Crippen LogP contribution in [0.1, 0.15) is 53.7 Å². The second-order valence-corrected chi connectivity index (χ2v) is 8.67. The fraction of sp³-hybridized carbons (Fsp3) is 0.417. The van der Waals surface area contributed by atoms with Gasteiger partial charge in [-0.25, -0.2) is 4.39 Å². The van der Waals surface area contributed by atoms with Gasteiger partial charge in [-0.3, -0.25) is 14.8 Å². The number of carbonyl (C=O) groups is 1. The summed E-state index contributed by atoms with van der Waals surface area (Å²) in [5, 5.41) is 10.9. The molecule has 0 spiro atoms. The smallest absolute Gasteiger partial charge is 0.272 e. The lowest BCUT2D eigenvalue weighted by Crippen LogP contribution is -2.29. The van der Waals surface area contributed by atoms with E-state index in [0.29, 0.717) is 11.3 Å². The van der Waals surface area contributed by atoms with E-state index in [1.807, 2.05) is 25.1 Å². The van der Waals surface area contributed by atoms with Crippen LogP contribution in [0.5, 0.6) is 0 Å². The molecule has 0 unspecified atom stereocenters. The number of fused-ring (bicyclic) bond motifs is 1. The van der Waals surface area contributed by atoms with E-state index in [0.717, 1.165) is 60.1 Å². The maximum absolute atomic E-state index is 14.8. The second kappa shape index (κ2) is 7.84. The summed E-state index contributed by atoms with van der Waals surface area (Å²) >= 11 is 0. The third-order valence-electron chi connectivity index (χ3n) is 6.26. The summed E-state index contributed by atoms with van der Waals surface area (Å²) in [6, 6.07) is 9.87. The zero-order chi connectivity index (χ0) is 20.7. The number of piperidine rings is 1. The molecule has 1 saturated carbocycles. The highest BCUT2D eigenvalue weighted by Crippen LogP contribution is 2.31. The van der Waals surface area contributed by atoms with Crippen molar-refractivity contribution in [2.45, 2.75) is 51.6 Å². The zero-order valence-electron chi connectivity index (χ0n) is 17.3. The van der Waals surface area contributed by atoms with E-state index in [1.165, 1.54) is 19.3 Å². The van der Waals surface area contributed by atoms with Crippen LogP contribution in [-0.2, 0) is 6.54 Å². The number of nitrogens with zero attached hydrogens (tertiary/aromatic N) is 2. The highest BCUT2D eigenvalue weighted by Gasteiger charge is 2.26. The molecular weight excluding hydrogens is 379 g/mol. The van der Waals surface area contributed by atoms with E-state index < -0.39 is 0 Å². The molecule has 3 aromatic rings. The highest BCUT2D eigenvalue weighted by molar-refractivity contribution is 6.05. The summed E-state index contributed by atoms with van der Waals surface area (Å²) in [6.45, 7) is 4.74. The fourth-order valence-electron chi connectivity index (χ4n) is 4.34. The van der Waals surface area contributed by atoms with Crippen molar-refractivity contribution in [2.75, 3.05) is 13.1 Å². The van der Waals surface area contributed by atoms with Gasteiger partial charge in [0.05, 0.1) is 5.52 Å². The molecule has 2 aliphatic rings. The Morgan fingerprint density at radius 3 is 2.77 bits per heavy atom. The van der Waals surface area contributed by atoms with Gasteiger partial charge in [-0.2, -0.15) is 5.10 Å². The number of nitrogens with one attached hydrogen (secondary N) is 2. The average Bonchev–Trinajstić information content (AvgIpc) is 3.46. The van der Waals surface area contributed by atoms with E-state index in [9.17, 15) is 9.18 Å². The first-order valence-corrected chi connectivity index (χ1v) is 10.9. The van der Waals surface area contributed by atoms with Gasteiger partial charge in [-0.1, -0.05) is 12.5 Å². The molecule has 156 valence electrons. The second-order valence-electron chi connectivity index (χ2n) is 8.67. The molecule has 1 aliphatic carbocycles. The number of hydrogen-bond acceptors (Lipinski definition) is 3. The van der Waals surface area contributed by atoms with Crippen molar-refractivity contribution in [3.8, 4) is 11.1 Å². The van der Waals surface area contributed by atoms with Gasteiger partial charge >= 0.3 is 0 Å². The van der Waals surface area contributed by atoms with Crippen LogP contribution in [0.2, 0.25) is 0 Å². The Balaban J connectivity index is 1.49. The lowest BCUT2D eigenvalue weighted by Gasteiger charge is -2.26. The molecule has 5 rings (SSSR count). The van der Waals surface area contributed by atoms with Crippen molar-refractivity contribution in [1.82, 2.24) is 20.4 Å². The zero-order valence-corrected chi connectivity index (χ0v) is 17.3. The summed E-state index contributed by atoms with van der Waals surface area (Å²) in [5.74, 6) is -0.332. The fourth-order valence-corrected chi connectivity index (χ4v) is 4.34. The first kappa shape index (κ1) is 19.2. The number of H-pyrrole nitrogens is 1. The maximum Gasteiger partial charge on any atom is 0.272 e. The molecule has 6 heteroatoms. The molecule has 5 nitrogen and oxygen atoms in total. The van der Waals surface area contributed by atoms with Gasteiger partial charge in [0.15, 0.2) is 5.69 Å². The van der Waals surface area contributed by atoms with Gasteiger partial charge in [0.2, 0.25) is 0 Å². The number of hydrogen-bond donors (Lipinski definition) is 2. The molecule has 2 fully saturated rings. The van der Waals surface area contributed by atoms with Crippen LogP contribution < -0.4 is 5.32 Å². The summed E-state index contributed by atoms with van der Waals surface area (Å²) in [7, 11) is 0. The average molecular weight is 407 g/mol. The van der Waals surface area contributed by atoms with Crippen LogP contribution in [-0.4, -0.2) is 40.1 Å². The first-order chi connectivity index (χ1) is 14.6. The summed E-state index contributed by atoms with van der Waals surface area (Å²) < 4.78 is 14.8. The normalized spacial score (nSPS) is 17.4. The monoisotopic (exact) mass is 406 g/mol. The standard InChI is InChI=1S/C24H27FN4O/c1-15-19(11-16(12-21(15)25)14-29-9-3-2-4-10-29)17-5-8-22-20(13-17)23(28-27-22)24(30)26-18-6-7-18/h5,8,11-13,18H,2-4,6-7,9-10,14H2,1H3,(H,26,30)(H,27,28). The van der Waals surface area contributed by atoms with Crippen LogP contribution in [0, 0.1) is 12.7 Å². The van der Waals surface area contributed by atoms with E-state index in [2.05, 4.69) is 26.5 Å². The van der Waals surface area contributed by atoms with Crippen molar-refractivity contribution < 1.29 is 9.18 Å². The van der Waals surface area contributed by atoms with E-state index >= 15 is 0 Å². The van der Waals surface area contributed by atoms with Gasteiger partial charge in [-0.15, -0.1) is 0 Å². The Morgan fingerprint density at radius 2 is 2.00 bits per heavy atom. The first-order valence-electron chi connectivity index (χ1n) is 10.9. The Morgan fingerprint density at radius 1 is 1.20 bits per heavy atom. The SMILES string of the molecule is Cc1c(F)cc(CN2CCCCC2)cc1-c1ccc2[nH]nc(C(=O)NC3CC3)c2c1. The van der Waals surface area contributed by atoms with Crippen LogP contribution in [0.25, 0.3) is 22.0 Å². The van der Waals surface area contributed by atoms with Gasteiger partial charge in [-0.05, 0) is 92.2 Å².